The minimum atomic E-state index is -3.18. The molecule has 1 heterocycles. The van der Waals surface area contributed by atoms with Gasteiger partial charge in [0.05, 0.1) is 11.9 Å². The molecular formula is C9H18ClNO3S. The lowest BCUT2D eigenvalue weighted by Gasteiger charge is -2.35. The molecule has 1 saturated heterocycles. The second-order valence-electron chi connectivity index (χ2n) is 3.90. The standard InChI is InChI=1S/C9H18ClNO3S/c1-8-3-5-11(7-9(8)14-2)15(12,13)6-4-10/h8-9H,3-7H2,1-2H3. The monoisotopic (exact) mass is 255 g/mol. The Morgan fingerprint density at radius 2 is 2.20 bits per heavy atom. The van der Waals surface area contributed by atoms with Crippen LogP contribution in [-0.2, 0) is 14.8 Å². The Bertz CT molecular complexity index is 294. The second-order valence-corrected chi connectivity index (χ2v) is 6.37. The van der Waals surface area contributed by atoms with Gasteiger partial charge in [0.15, 0.2) is 0 Å². The Morgan fingerprint density at radius 1 is 1.53 bits per heavy atom. The summed E-state index contributed by atoms with van der Waals surface area (Å²) in [5.74, 6) is 0.572. The summed E-state index contributed by atoms with van der Waals surface area (Å²) in [4.78, 5) is 0. The first-order valence-electron chi connectivity index (χ1n) is 5.08. The van der Waals surface area contributed by atoms with E-state index in [1.54, 1.807) is 7.11 Å². The molecule has 0 radical (unpaired) electrons. The quantitative estimate of drug-likeness (QED) is 0.702. The number of rotatable bonds is 4. The van der Waals surface area contributed by atoms with Crippen LogP contribution in [-0.4, -0.2) is 50.7 Å². The fourth-order valence-electron chi connectivity index (χ4n) is 1.79. The van der Waals surface area contributed by atoms with Gasteiger partial charge in [-0.25, -0.2) is 8.42 Å². The molecule has 1 aliphatic heterocycles. The van der Waals surface area contributed by atoms with E-state index in [9.17, 15) is 8.42 Å². The van der Waals surface area contributed by atoms with Gasteiger partial charge in [0, 0.05) is 26.1 Å². The van der Waals surface area contributed by atoms with E-state index in [2.05, 4.69) is 6.92 Å². The number of piperidine rings is 1. The van der Waals surface area contributed by atoms with Crippen molar-refractivity contribution >= 4 is 21.6 Å². The average molecular weight is 256 g/mol. The zero-order chi connectivity index (χ0) is 11.5. The van der Waals surface area contributed by atoms with Gasteiger partial charge in [-0.1, -0.05) is 6.92 Å². The molecule has 1 aliphatic rings. The number of nitrogens with zero attached hydrogens (tertiary/aromatic N) is 1. The van der Waals surface area contributed by atoms with Crippen molar-refractivity contribution in [1.82, 2.24) is 4.31 Å². The molecule has 0 saturated carbocycles. The van der Waals surface area contributed by atoms with Crippen LogP contribution in [0.2, 0.25) is 0 Å². The molecular weight excluding hydrogens is 238 g/mol. The number of sulfonamides is 1. The zero-order valence-corrected chi connectivity index (χ0v) is 10.7. The molecule has 0 aliphatic carbocycles. The molecule has 0 N–H and O–H groups in total. The van der Waals surface area contributed by atoms with Gasteiger partial charge < -0.3 is 4.74 Å². The molecule has 15 heavy (non-hydrogen) atoms. The Morgan fingerprint density at radius 3 is 2.73 bits per heavy atom. The third-order valence-electron chi connectivity index (χ3n) is 2.88. The number of methoxy groups -OCH3 is 1. The van der Waals surface area contributed by atoms with Crippen molar-refractivity contribution in [1.29, 1.82) is 0 Å². The molecule has 0 amide bonds. The highest BCUT2D eigenvalue weighted by atomic mass is 35.5. The number of alkyl halides is 1. The van der Waals surface area contributed by atoms with Crippen LogP contribution >= 0.6 is 11.6 Å². The molecule has 6 heteroatoms. The number of hydrogen-bond acceptors (Lipinski definition) is 3. The van der Waals surface area contributed by atoms with Crippen LogP contribution in [0.4, 0.5) is 0 Å². The molecule has 0 aromatic heterocycles. The van der Waals surface area contributed by atoms with Gasteiger partial charge in [0.25, 0.3) is 0 Å². The van der Waals surface area contributed by atoms with E-state index >= 15 is 0 Å². The highest BCUT2D eigenvalue weighted by Crippen LogP contribution is 2.21. The van der Waals surface area contributed by atoms with E-state index in [4.69, 9.17) is 16.3 Å². The summed E-state index contributed by atoms with van der Waals surface area (Å²) in [5.41, 5.74) is 0. The fraction of sp³-hybridized carbons (Fsp3) is 1.00. The summed E-state index contributed by atoms with van der Waals surface area (Å²) in [7, 11) is -1.55. The van der Waals surface area contributed by atoms with Crippen LogP contribution in [0.1, 0.15) is 13.3 Å². The maximum atomic E-state index is 11.7. The molecule has 4 nitrogen and oxygen atoms in total. The van der Waals surface area contributed by atoms with Gasteiger partial charge in [0.1, 0.15) is 0 Å². The third kappa shape index (κ3) is 3.31. The molecule has 0 aromatic rings. The number of halogens is 1. The van der Waals surface area contributed by atoms with Crippen LogP contribution in [0, 0.1) is 5.92 Å². The first kappa shape index (κ1) is 13.2. The Hall–Kier alpha value is 0.160. The molecule has 0 aromatic carbocycles. The predicted octanol–water partition coefficient (Wildman–Crippen LogP) is 0.912. The lowest BCUT2D eigenvalue weighted by Crippen LogP contribution is -2.47. The Kier molecular flexibility index (Phi) is 4.83. The van der Waals surface area contributed by atoms with Crippen molar-refractivity contribution in [3.05, 3.63) is 0 Å². The molecule has 2 unspecified atom stereocenters. The SMILES string of the molecule is COC1CN(S(=O)(=O)CCCl)CCC1C. The summed E-state index contributed by atoms with van der Waals surface area (Å²) in [6, 6.07) is 0. The fourth-order valence-corrected chi connectivity index (χ4v) is 3.59. The smallest absolute Gasteiger partial charge is 0.215 e. The highest BCUT2D eigenvalue weighted by molar-refractivity contribution is 7.89. The van der Waals surface area contributed by atoms with Crippen LogP contribution in [0.15, 0.2) is 0 Å². The normalized spacial score (nSPS) is 29.3. The lowest BCUT2D eigenvalue weighted by atomic mass is 9.97. The van der Waals surface area contributed by atoms with Crippen molar-refractivity contribution in [2.24, 2.45) is 5.92 Å². The summed E-state index contributed by atoms with van der Waals surface area (Å²) in [5, 5.41) is 0. The zero-order valence-electron chi connectivity index (χ0n) is 9.15. The highest BCUT2D eigenvalue weighted by Gasteiger charge is 2.32. The largest absolute Gasteiger partial charge is 0.380 e. The summed E-state index contributed by atoms with van der Waals surface area (Å²) in [6.45, 7) is 3.12. The first-order valence-corrected chi connectivity index (χ1v) is 7.22. The van der Waals surface area contributed by atoms with Crippen molar-refractivity contribution in [2.75, 3.05) is 31.8 Å². The van der Waals surface area contributed by atoms with E-state index in [1.807, 2.05) is 0 Å². The number of hydrogen-bond donors (Lipinski definition) is 0. The van der Waals surface area contributed by atoms with Gasteiger partial charge in [-0.05, 0) is 12.3 Å². The van der Waals surface area contributed by atoms with E-state index in [1.165, 1.54) is 4.31 Å². The van der Waals surface area contributed by atoms with Crippen molar-refractivity contribution < 1.29 is 13.2 Å². The van der Waals surface area contributed by atoms with Crippen LogP contribution < -0.4 is 0 Å². The summed E-state index contributed by atoms with van der Waals surface area (Å²) >= 11 is 5.47. The van der Waals surface area contributed by atoms with Crippen molar-refractivity contribution in [2.45, 2.75) is 19.4 Å². The molecule has 2 atom stereocenters. The van der Waals surface area contributed by atoms with Crippen molar-refractivity contribution in [3.8, 4) is 0 Å². The maximum Gasteiger partial charge on any atom is 0.215 e. The van der Waals surface area contributed by atoms with E-state index in [0.717, 1.165) is 6.42 Å². The average Bonchev–Trinajstić information content (AvgIpc) is 2.18. The molecule has 90 valence electrons. The van der Waals surface area contributed by atoms with Gasteiger partial charge in [-0.2, -0.15) is 4.31 Å². The topological polar surface area (TPSA) is 46.6 Å². The lowest BCUT2D eigenvalue weighted by molar-refractivity contribution is 0.0184. The van der Waals surface area contributed by atoms with Gasteiger partial charge in [-0.3, -0.25) is 0 Å². The second kappa shape index (κ2) is 5.48. The minimum absolute atomic E-state index is 0.00357. The van der Waals surface area contributed by atoms with Crippen LogP contribution in [0.3, 0.4) is 0 Å². The molecule has 0 spiro atoms. The van der Waals surface area contributed by atoms with Crippen LogP contribution in [0.5, 0.6) is 0 Å². The van der Waals surface area contributed by atoms with E-state index in [0.29, 0.717) is 19.0 Å². The third-order valence-corrected chi connectivity index (χ3v) is 5.13. The molecule has 1 rings (SSSR count). The van der Waals surface area contributed by atoms with Gasteiger partial charge in [0.2, 0.25) is 10.0 Å². The predicted molar refractivity (Wildman–Crippen MR) is 60.7 cm³/mol. The van der Waals surface area contributed by atoms with E-state index < -0.39 is 10.0 Å². The Labute approximate surface area is 96.6 Å². The Balaban J connectivity index is 2.66. The minimum Gasteiger partial charge on any atom is -0.380 e. The van der Waals surface area contributed by atoms with Crippen molar-refractivity contribution in [3.63, 3.8) is 0 Å². The van der Waals surface area contributed by atoms with Gasteiger partial charge in [-0.15, -0.1) is 11.6 Å². The molecule has 1 fully saturated rings. The summed E-state index contributed by atoms with van der Waals surface area (Å²) in [6.07, 6.45) is 0.851. The number of ether oxygens (including phenoxy) is 1. The van der Waals surface area contributed by atoms with Gasteiger partial charge >= 0.3 is 0 Å². The molecule has 0 bridgehead atoms. The van der Waals surface area contributed by atoms with E-state index in [-0.39, 0.29) is 17.7 Å². The summed E-state index contributed by atoms with van der Waals surface area (Å²) < 4.78 is 30.2. The first-order chi connectivity index (χ1) is 7.01. The van der Waals surface area contributed by atoms with Crippen LogP contribution in [0.25, 0.3) is 0 Å². The maximum absolute atomic E-state index is 11.7.